The van der Waals surface area contributed by atoms with Crippen molar-refractivity contribution < 1.29 is 20.4 Å². The minimum absolute atomic E-state index is 0. The predicted molar refractivity (Wildman–Crippen MR) is 81.6 cm³/mol. The van der Waals surface area contributed by atoms with Crippen LogP contribution in [-0.4, -0.2) is 20.0 Å². The molecule has 0 saturated heterocycles. The molecule has 2 heteroatoms. The van der Waals surface area contributed by atoms with Crippen LogP contribution in [0.15, 0.2) is 54.6 Å². The summed E-state index contributed by atoms with van der Waals surface area (Å²) >= 11 is 0. The SMILES string of the molecule is Cc1ccccc1P(C)(C)(C)c1ccccc1.[Pd]. The first-order valence-corrected chi connectivity index (χ1v) is 9.60. The zero-order chi connectivity index (χ0) is 12.5. The van der Waals surface area contributed by atoms with Crippen molar-refractivity contribution in [2.24, 2.45) is 0 Å². The van der Waals surface area contributed by atoms with Gasteiger partial charge < -0.3 is 0 Å². The van der Waals surface area contributed by atoms with Gasteiger partial charge in [-0.2, -0.15) is 0 Å². The largest absolute Gasteiger partial charge is 0 e. The summed E-state index contributed by atoms with van der Waals surface area (Å²) in [7, 11) is 0. The molecule has 0 aliphatic carbocycles. The fourth-order valence-corrected chi connectivity index (χ4v) is 5.94. The molecule has 0 aliphatic heterocycles. The number of benzene rings is 2. The summed E-state index contributed by atoms with van der Waals surface area (Å²) in [5.41, 5.74) is 1.40. The van der Waals surface area contributed by atoms with E-state index in [2.05, 4.69) is 81.5 Å². The zero-order valence-electron chi connectivity index (χ0n) is 11.5. The summed E-state index contributed by atoms with van der Waals surface area (Å²) in [4.78, 5) is 0. The zero-order valence-corrected chi connectivity index (χ0v) is 13.9. The number of hydrogen-bond acceptors (Lipinski definition) is 0. The fraction of sp³-hybridized carbons (Fsp3) is 0.250. The number of rotatable bonds is 2. The van der Waals surface area contributed by atoms with Gasteiger partial charge in [-0.15, -0.1) is 0 Å². The molecule has 0 aromatic heterocycles. The van der Waals surface area contributed by atoms with Crippen molar-refractivity contribution in [2.45, 2.75) is 6.92 Å². The molecule has 0 nitrogen and oxygen atoms in total. The van der Waals surface area contributed by atoms with E-state index in [4.69, 9.17) is 0 Å². The average molecular weight is 351 g/mol. The van der Waals surface area contributed by atoms with Crippen LogP contribution < -0.4 is 10.6 Å². The summed E-state index contributed by atoms with van der Waals surface area (Å²) in [6.07, 6.45) is 0. The van der Waals surface area contributed by atoms with E-state index >= 15 is 0 Å². The van der Waals surface area contributed by atoms with Gasteiger partial charge in [-0.1, -0.05) is 0 Å². The molecule has 0 bridgehead atoms. The van der Waals surface area contributed by atoms with Crippen LogP contribution in [0.1, 0.15) is 5.56 Å². The van der Waals surface area contributed by atoms with Crippen molar-refractivity contribution >= 4 is 17.2 Å². The standard InChI is InChI=1S/C16H21P.Pd/c1-14-10-8-9-13-16(14)17(2,3,4)15-11-6-5-7-12-15;/h5-13H,1-4H3;. The fourth-order valence-electron chi connectivity index (χ4n) is 2.53. The average Bonchev–Trinajstić information content (AvgIpc) is 2.30. The molecule has 2 rings (SSSR count). The van der Waals surface area contributed by atoms with Crippen molar-refractivity contribution in [3.05, 3.63) is 60.2 Å². The van der Waals surface area contributed by atoms with Gasteiger partial charge in [0.2, 0.25) is 0 Å². The Morgan fingerprint density at radius 3 is 1.78 bits per heavy atom. The van der Waals surface area contributed by atoms with Gasteiger partial charge >= 0.3 is 104 Å². The van der Waals surface area contributed by atoms with Crippen molar-refractivity contribution in [1.29, 1.82) is 0 Å². The Labute approximate surface area is 124 Å². The Morgan fingerprint density at radius 1 is 0.722 bits per heavy atom. The van der Waals surface area contributed by atoms with Crippen LogP contribution in [0.2, 0.25) is 0 Å². The van der Waals surface area contributed by atoms with Crippen molar-refractivity contribution in [3.63, 3.8) is 0 Å². The molecule has 0 fully saturated rings. The molecule has 2 aromatic rings. The predicted octanol–water partition coefficient (Wildman–Crippen LogP) is 3.39. The van der Waals surface area contributed by atoms with E-state index in [1.54, 1.807) is 0 Å². The molecular weight excluding hydrogens is 330 g/mol. The molecular formula is C16H21PPd. The van der Waals surface area contributed by atoms with E-state index in [0.717, 1.165) is 0 Å². The molecule has 2 aromatic carbocycles. The first-order valence-electron chi connectivity index (χ1n) is 6.03. The van der Waals surface area contributed by atoms with E-state index in [1.807, 2.05) is 0 Å². The summed E-state index contributed by atoms with van der Waals surface area (Å²) in [6, 6.07) is 19.7. The van der Waals surface area contributed by atoms with E-state index in [1.165, 1.54) is 16.2 Å². The van der Waals surface area contributed by atoms with Crippen LogP contribution in [0, 0.1) is 6.92 Å². The molecule has 0 amide bonds. The van der Waals surface area contributed by atoms with Crippen LogP contribution in [0.3, 0.4) is 0 Å². The van der Waals surface area contributed by atoms with Crippen molar-refractivity contribution in [1.82, 2.24) is 0 Å². The Hall–Kier alpha value is -0.468. The van der Waals surface area contributed by atoms with Gasteiger partial charge in [0.1, 0.15) is 0 Å². The van der Waals surface area contributed by atoms with Gasteiger partial charge in [-0.25, -0.2) is 0 Å². The molecule has 0 radical (unpaired) electrons. The first-order chi connectivity index (χ1) is 7.90. The maximum absolute atomic E-state index is 2.43. The third-order valence-corrected chi connectivity index (χ3v) is 7.91. The van der Waals surface area contributed by atoms with Gasteiger partial charge in [0.25, 0.3) is 0 Å². The van der Waals surface area contributed by atoms with Crippen LogP contribution >= 0.6 is 6.60 Å². The first kappa shape index (κ1) is 15.6. The topological polar surface area (TPSA) is 0 Å². The van der Waals surface area contributed by atoms with Gasteiger partial charge in [0, 0.05) is 20.4 Å². The molecule has 0 saturated carbocycles. The Balaban J connectivity index is 0.00000162. The molecule has 0 heterocycles. The summed E-state index contributed by atoms with van der Waals surface area (Å²) in [5.74, 6) is 0. The van der Waals surface area contributed by atoms with E-state index in [0.29, 0.717) is 0 Å². The molecule has 0 N–H and O–H groups in total. The second-order valence-electron chi connectivity index (χ2n) is 5.92. The smallest absolute Gasteiger partial charge is 0 e. The van der Waals surface area contributed by atoms with Gasteiger partial charge in [0.15, 0.2) is 0 Å². The molecule has 100 valence electrons. The monoisotopic (exact) mass is 350 g/mol. The second-order valence-corrected chi connectivity index (χ2v) is 12.5. The normalized spacial score (nSPS) is 13.2. The molecule has 0 aliphatic rings. The Morgan fingerprint density at radius 2 is 1.22 bits per heavy atom. The molecule has 18 heavy (non-hydrogen) atoms. The van der Waals surface area contributed by atoms with Crippen LogP contribution in [0.5, 0.6) is 0 Å². The van der Waals surface area contributed by atoms with E-state index in [9.17, 15) is 0 Å². The molecule has 0 unspecified atom stereocenters. The Kier molecular flexibility index (Phi) is 4.56. The summed E-state index contributed by atoms with van der Waals surface area (Å²) < 4.78 is 0. The van der Waals surface area contributed by atoms with E-state index < -0.39 is 6.60 Å². The van der Waals surface area contributed by atoms with Crippen LogP contribution in [0.4, 0.5) is 0 Å². The van der Waals surface area contributed by atoms with Gasteiger partial charge in [-0.3, -0.25) is 0 Å². The Bertz CT molecular complexity index is 524. The van der Waals surface area contributed by atoms with Crippen LogP contribution in [-0.2, 0) is 20.4 Å². The van der Waals surface area contributed by atoms with Gasteiger partial charge in [0.05, 0.1) is 0 Å². The van der Waals surface area contributed by atoms with E-state index in [-0.39, 0.29) is 20.4 Å². The van der Waals surface area contributed by atoms with Gasteiger partial charge in [-0.05, 0) is 0 Å². The van der Waals surface area contributed by atoms with Crippen molar-refractivity contribution in [3.8, 4) is 0 Å². The maximum atomic E-state index is 2.43. The molecule has 0 atom stereocenters. The summed E-state index contributed by atoms with van der Waals surface area (Å²) in [6.45, 7) is 7.54. The number of aryl methyl sites for hydroxylation is 1. The quantitative estimate of drug-likeness (QED) is 0.575. The molecule has 0 spiro atoms. The maximum Gasteiger partial charge on any atom is 0 e. The van der Waals surface area contributed by atoms with Crippen LogP contribution in [0.25, 0.3) is 0 Å². The minimum atomic E-state index is -1.98. The minimum Gasteiger partial charge on any atom is 0 e. The van der Waals surface area contributed by atoms with Crippen molar-refractivity contribution in [2.75, 3.05) is 20.0 Å². The second kappa shape index (κ2) is 5.26. The third-order valence-electron chi connectivity index (χ3n) is 3.62. The third kappa shape index (κ3) is 2.75. The number of hydrogen-bond donors (Lipinski definition) is 0. The summed E-state index contributed by atoms with van der Waals surface area (Å²) in [5, 5.41) is 3.00.